The molecule has 0 aromatic carbocycles. The van der Waals surface area contributed by atoms with Crippen molar-refractivity contribution in [2.75, 3.05) is 13.2 Å². The lowest BCUT2D eigenvalue weighted by Crippen LogP contribution is -2.36. The third-order valence-electron chi connectivity index (χ3n) is 3.10. The van der Waals surface area contributed by atoms with Gasteiger partial charge in [0, 0.05) is 19.1 Å². The molecule has 0 saturated heterocycles. The molecule has 4 heteroatoms. The average molecular weight is 269 g/mol. The molecule has 102 valence electrons. The summed E-state index contributed by atoms with van der Waals surface area (Å²) < 4.78 is 5.47. The van der Waals surface area contributed by atoms with E-state index in [-0.39, 0.29) is 12.2 Å². The number of hydrogen-bond acceptors (Lipinski definition) is 4. The molecule has 2 rings (SSSR count). The Bertz CT molecular complexity index is 336. The first kappa shape index (κ1) is 14.0. The van der Waals surface area contributed by atoms with Crippen LogP contribution in [-0.4, -0.2) is 41.4 Å². The Balaban J connectivity index is 1.79. The minimum atomic E-state index is -0.383. The summed E-state index contributed by atoms with van der Waals surface area (Å²) in [4.78, 5) is 2.39. The molecule has 1 aromatic rings. The summed E-state index contributed by atoms with van der Waals surface area (Å²) in [7, 11) is 0. The van der Waals surface area contributed by atoms with Gasteiger partial charge >= 0.3 is 0 Å². The van der Waals surface area contributed by atoms with E-state index in [9.17, 15) is 5.11 Å². The number of hydrogen-bond donors (Lipinski definition) is 1. The first-order valence-corrected chi connectivity index (χ1v) is 7.64. The van der Waals surface area contributed by atoms with Gasteiger partial charge in [0.05, 0.1) is 18.8 Å². The van der Waals surface area contributed by atoms with Gasteiger partial charge in [-0.3, -0.25) is 4.90 Å². The van der Waals surface area contributed by atoms with Crippen LogP contribution in [0.5, 0.6) is 0 Å². The summed E-state index contributed by atoms with van der Waals surface area (Å²) in [6.45, 7) is 6.10. The van der Waals surface area contributed by atoms with E-state index < -0.39 is 0 Å². The zero-order chi connectivity index (χ0) is 13.0. The fourth-order valence-electron chi connectivity index (χ4n) is 2.03. The maximum atomic E-state index is 10.0. The molecule has 1 N–H and O–H groups in total. The maximum Gasteiger partial charge on any atom is 0.0900 e. The standard InChI is InChI=1S/C14H23NO2S/c1-11(2)17-9-14(16)8-15(13-3-4-13)7-12-5-6-18-10-12/h5-6,10-11,13-14,16H,3-4,7-9H2,1-2H3. The number of aliphatic hydroxyl groups is 1. The molecular weight excluding hydrogens is 246 g/mol. The topological polar surface area (TPSA) is 32.7 Å². The second-order valence-corrected chi connectivity index (χ2v) is 6.11. The van der Waals surface area contributed by atoms with Crippen LogP contribution in [0.25, 0.3) is 0 Å². The summed E-state index contributed by atoms with van der Waals surface area (Å²) in [6.07, 6.45) is 2.33. The Morgan fingerprint density at radius 3 is 2.83 bits per heavy atom. The summed E-state index contributed by atoms with van der Waals surface area (Å²) in [6, 6.07) is 2.83. The van der Waals surface area contributed by atoms with E-state index in [0.29, 0.717) is 19.2 Å². The summed E-state index contributed by atoms with van der Waals surface area (Å²) in [5.74, 6) is 0. The molecule has 0 radical (unpaired) electrons. The molecule has 18 heavy (non-hydrogen) atoms. The monoisotopic (exact) mass is 269 g/mol. The summed E-state index contributed by atoms with van der Waals surface area (Å²) in [5.41, 5.74) is 1.35. The Hall–Kier alpha value is -0.420. The zero-order valence-corrected chi connectivity index (χ0v) is 12.0. The largest absolute Gasteiger partial charge is 0.389 e. The highest BCUT2D eigenvalue weighted by Crippen LogP contribution is 2.28. The highest BCUT2D eigenvalue weighted by molar-refractivity contribution is 7.07. The summed E-state index contributed by atoms with van der Waals surface area (Å²) >= 11 is 1.73. The number of nitrogens with zero attached hydrogens (tertiary/aromatic N) is 1. The van der Waals surface area contributed by atoms with Gasteiger partial charge in [-0.15, -0.1) is 0 Å². The van der Waals surface area contributed by atoms with Crippen molar-refractivity contribution in [3.63, 3.8) is 0 Å². The van der Waals surface area contributed by atoms with Gasteiger partial charge in [-0.1, -0.05) is 0 Å². The maximum absolute atomic E-state index is 10.0. The van der Waals surface area contributed by atoms with E-state index in [4.69, 9.17) is 4.74 Å². The second-order valence-electron chi connectivity index (χ2n) is 5.33. The molecule has 1 heterocycles. The lowest BCUT2D eigenvalue weighted by molar-refractivity contribution is -0.0106. The Morgan fingerprint density at radius 2 is 2.28 bits per heavy atom. The predicted molar refractivity (Wildman–Crippen MR) is 74.8 cm³/mol. The minimum Gasteiger partial charge on any atom is -0.389 e. The third-order valence-corrected chi connectivity index (χ3v) is 3.83. The first-order chi connectivity index (χ1) is 8.65. The fraction of sp³-hybridized carbons (Fsp3) is 0.714. The molecule has 1 aliphatic carbocycles. The van der Waals surface area contributed by atoms with Crippen molar-refractivity contribution in [1.82, 2.24) is 4.90 Å². The molecule has 0 aliphatic heterocycles. The van der Waals surface area contributed by atoms with Crippen LogP contribution in [-0.2, 0) is 11.3 Å². The van der Waals surface area contributed by atoms with Crippen LogP contribution >= 0.6 is 11.3 Å². The molecule has 0 bridgehead atoms. The van der Waals surface area contributed by atoms with Crippen LogP contribution in [0.2, 0.25) is 0 Å². The van der Waals surface area contributed by atoms with Gasteiger partial charge < -0.3 is 9.84 Å². The van der Waals surface area contributed by atoms with Crippen molar-refractivity contribution >= 4 is 11.3 Å². The molecule has 1 atom stereocenters. The Labute approximate surface area is 113 Å². The van der Waals surface area contributed by atoms with Gasteiger partial charge in [0.1, 0.15) is 0 Å². The molecule has 1 saturated carbocycles. The normalized spacial score (nSPS) is 17.6. The lowest BCUT2D eigenvalue weighted by Gasteiger charge is -2.25. The molecule has 3 nitrogen and oxygen atoms in total. The van der Waals surface area contributed by atoms with Crippen molar-refractivity contribution in [1.29, 1.82) is 0 Å². The van der Waals surface area contributed by atoms with Gasteiger partial charge in [-0.05, 0) is 49.1 Å². The lowest BCUT2D eigenvalue weighted by atomic mass is 10.2. The van der Waals surface area contributed by atoms with Crippen molar-refractivity contribution in [2.45, 2.75) is 51.5 Å². The van der Waals surface area contributed by atoms with E-state index in [0.717, 1.165) is 6.54 Å². The third kappa shape index (κ3) is 4.69. The van der Waals surface area contributed by atoms with Crippen molar-refractivity contribution in [3.8, 4) is 0 Å². The fourth-order valence-corrected chi connectivity index (χ4v) is 2.69. The molecule has 1 fully saturated rings. The Morgan fingerprint density at radius 1 is 1.50 bits per heavy atom. The van der Waals surface area contributed by atoms with Crippen molar-refractivity contribution in [3.05, 3.63) is 22.4 Å². The van der Waals surface area contributed by atoms with E-state index in [1.807, 2.05) is 13.8 Å². The SMILES string of the molecule is CC(C)OCC(O)CN(Cc1ccsc1)C1CC1. The van der Waals surface area contributed by atoms with Crippen LogP contribution in [0.3, 0.4) is 0 Å². The van der Waals surface area contributed by atoms with Crippen molar-refractivity contribution in [2.24, 2.45) is 0 Å². The smallest absolute Gasteiger partial charge is 0.0900 e. The van der Waals surface area contributed by atoms with E-state index in [1.165, 1.54) is 18.4 Å². The van der Waals surface area contributed by atoms with Gasteiger partial charge in [-0.25, -0.2) is 0 Å². The van der Waals surface area contributed by atoms with Gasteiger partial charge in [0.2, 0.25) is 0 Å². The highest BCUT2D eigenvalue weighted by atomic mass is 32.1. The summed E-state index contributed by atoms with van der Waals surface area (Å²) in [5, 5.41) is 14.3. The first-order valence-electron chi connectivity index (χ1n) is 6.70. The van der Waals surface area contributed by atoms with Crippen LogP contribution in [0.15, 0.2) is 16.8 Å². The number of rotatable bonds is 8. The van der Waals surface area contributed by atoms with E-state index in [2.05, 4.69) is 21.7 Å². The quantitative estimate of drug-likeness (QED) is 0.787. The molecule has 0 spiro atoms. The average Bonchev–Trinajstić information content (AvgIpc) is 3.05. The van der Waals surface area contributed by atoms with Crippen molar-refractivity contribution < 1.29 is 9.84 Å². The molecular formula is C14H23NO2S. The number of ether oxygens (including phenoxy) is 1. The van der Waals surface area contributed by atoms with Crippen LogP contribution < -0.4 is 0 Å². The minimum absolute atomic E-state index is 0.186. The van der Waals surface area contributed by atoms with Gasteiger partial charge in [0.15, 0.2) is 0 Å². The number of thiophene rings is 1. The second kappa shape index (κ2) is 6.66. The van der Waals surface area contributed by atoms with Gasteiger partial charge in [0.25, 0.3) is 0 Å². The Kier molecular flexibility index (Phi) is 5.18. The van der Waals surface area contributed by atoms with Crippen LogP contribution in [0, 0.1) is 0 Å². The van der Waals surface area contributed by atoms with Crippen LogP contribution in [0.1, 0.15) is 32.3 Å². The number of aliphatic hydroxyl groups excluding tert-OH is 1. The van der Waals surface area contributed by atoms with E-state index in [1.54, 1.807) is 11.3 Å². The van der Waals surface area contributed by atoms with Gasteiger partial charge in [-0.2, -0.15) is 11.3 Å². The van der Waals surface area contributed by atoms with E-state index >= 15 is 0 Å². The molecule has 0 amide bonds. The molecule has 1 aliphatic rings. The van der Waals surface area contributed by atoms with Crippen LogP contribution in [0.4, 0.5) is 0 Å². The molecule has 1 aromatic heterocycles. The highest BCUT2D eigenvalue weighted by Gasteiger charge is 2.30. The zero-order valence-electron chi connectivity index (χ0n) is 11.2. The molecule has 1 unspecified atom stereocenters. The predicted octanol–water partition coefficient (Wildman–Crippen LogP) is 2.50.